The summed E-state index contributed by atoms with van der Waals surface area (Å²) in [5, 5.41) is 14.8. The lowest BCUT2D eigenvalue weighted by atomic mass is 10.1. The molecule has 2 aromatic rings. The molecule has 1 fully saturated rings. The topological polar surface area (TPSA) is 81.2 Å². The molecule has 0 atom stereocenters. The highest BCUT2D eigenvalue weighted by atomic mass is 16.7. The van der Waals surface area contributed by atoms with Gasteiger partial charge in [-0.05, 0) is 25.0 Å². The van der Waals surface area contributed by atoms with Gasteiger partial charge in [0.15, 0.2) is 17.3 Å². The van der Waals surface area contributed by atoms with Crippen LogP contribution in [0, 0.1) is 0 Å². The number of hydrogen-bond donors (Lipinski definition) is 2. The molecule has 2 heterocycles. The van der Waals surface area contributed by atoms with E-state index in [1.807, 2.05) is 18.2 Å². The Bertz CT molecular complexity index is 701. The van der Waals surface area contributed by atoms with Crippen LogP contribution >= 0.6 is 0 Å². The van der Waals surface area contributed by atoms with E-state index in [2.05, 4.69) is 25.8 Å². The van der Waals surface area contributed by atoms with Crippen LogP contribution in [0.1, 0.15) is 38.5 Å². The molecule has 0 bridgehead atoms. The molecule has 0 radical (unpaired) electrons. The molecule has 1 aromatic carbocycles. The quantitative estimate of drug-likeness (QED) is 0.832. The molecule has 0 amide bonds. The standard InChI is InChI=1S/C17H21N5O2/c1-2-4-6-12(5-3-1)19-16-10-18-22-17(21-16)20-13-7-8-14-15(9-13)24-11-23-14/h7-10,12H,1-6,11H2,(H2,19,20,21,22). The van der Waals surface area contributed by atoms with Gasteiger partial charge in [0.1, 0.15) is 0 Å². The van der Waals surface area contributed by atoms with Crippen molar-refractivity contribution in [1.82, 2.24) is 15.2 Å². The fourth-order valence-electron chi connectivity index (χ4n) is 3.16. The number of benzene rings is 1. The van der Waals surface area contributed by atoms with Gasteiger partial charge in [-0.3, -0.25) is 0 Å². The Morgan fingerprint density at radius 1 is 1.00 bits per heavy atom. The first kappa shape index (κ1) is 15.0. The Labute approximate surface area is 140 Å². The minimum atomic E-state index is 0.262. The zero-order valence-corrected chi connectivity index (χ0v) is 13.5. The number of aromatic nitrogens is 3. The van der Waals surface area contributed by atoms with E-state index in [1.165, 1.54) is 38.5 Å². The Morgan fingerprint density at radius 3 is 2.71 bits per heavy atom. The minimum Gasteiger partial charge on any atom is -0.454 e. The van der Waals surface area contributed by atoms with Crippen molar-refractivity contribution < 1.29 is 9.47 Å². The maximum atomic E-state index is 5.38. The van der Waals surface area contributed by atoms with E-state index in [4.69, 9.17) is 9.47 Å². The van der Waals surface area contributed by atoms with Crippen LogP contribution in [-0.2, 0) is 0 Å². The van der Waals surface area contributed by atoms with E-state index in [1.54, 1.807) is 6.20 Å². The summed E-state index contributed by atoms with van der Waals surface area (Å²) in [5.74, 6) is 2.71. The van der Waals surface area contributed by atoms with E-state index in [9.17, 15) is 0 Å². The molecule has 126 valence electrons. The Balaban J connectivity index is 1.44. The molecule has 1 saturated carbocycles. The van der Waals surface area contributed by atoms with Crippen LogP contribution in [-0.4, -0.2) is 28.0 Å². The van der Waals surface area contributed by atoms with Gasteiger partial charge in [0, 0.05) is 17.8 Å². The van der Waals surface area contributed by atoms with Crippen LogP contribution in [0.25, 0.3) is 0 Å². The molecule has 0 spiro atoms. The largest absolute Gasteiger partial charge is 0.454 e. The van der Waals surface area contributed by atoms with Crippen molar-refractivity contribution in [2.24, 2.45) is 0 Å². The van der Waals surface area contributed by atoms with Crippen LogP contribution in [0.3, 0.4) is 0 Å². The van der Waals surface area contributed by atoms with Gasteiger partial charge in [-0.2, -0.15) is 10.1 Å². The predicted octanol–water partition coefficient (Wildman–Crippen LogP) is 3.48. The number of rotatable bonds is 4. The molecule has 7 nitrogen and oxygen atoms in total. The minimum absolute atomic E-state index is 0.262. The second-order valence-electron chi connectivity index (χ2n) is 6.19. The number of anilines is 3. The van der Waals surface area contributed by atoms with Gasteiger partial charge in [-0.15, -0.1) is 5.10 Å². The first-order valence-corrected chi connectivity index (χ1v) is 8.50. The summed E-state index contributed by atoms with van der Waals surface area (Å²) in [6, 6.07) is 6.12. The fourth-order valence-corrected chi connectivity index (χ4v) is 3.16. The molecule has 1 aliphatic heterocycles. The number of hydrogen-bond acceptors (Lipinski definition) is 7. The molecule has 2 N–H and O–H groups in total. The summed E-state index contributed by atoms with van der Waals surface area (Å²) >= 11 is 0. The summed E-state index contributed by atoms with van der Waals surface area (Å²) in [7, 11) is 0. The van der Waals surface area contributed by atoms with Crippen molar-refractivity contribution in [2.45, 2.75) is 44.6 Å². The molecular weight excluding hydrogens is 306 g/mol. The Hall–Kier alpha value is -2.57. The average molecular weight is 327 g/mol. The zero-order valence-electron chi connectivity index (χ0n) is 13.5. The van der Waals surface area contributed by atoms with E-state index < -0.39 is 0 Å². The van der Waals surface area contributed by atoms with Crippen molar-refractivity contribution in [3.05, 3.63) is 24.4 Å². The SMILES string of the molecule is c1cc2c(cc1Nc1nncc(NC3CCCCCC3)n1)OCO2. The summed E-state index contributed by atoms with van der Waals surface area (Å²) in [5.41, 5.74) is 0.840. The van der Waals surface area contributed by atoms with Gasteiger partial charge in [-0.1, -0.05) is 25.7 Å². The van der Waals surface area contributed by atoms with Crippen LogP contribution in [0.2, 0.25) is 0 Å². The third-order valence-corrected chi connectivity index (χ3v) is 4.39. The van der Waals surface area contributed by atoms with Gasteiger partial charge in [0.25, 0.3) is 0 Å². The van der Waals surface area contributed by atoms with E-state index in [-0.39, 0.29) is 6.79 Å². The lowest BCUT2D eigenvalue weighted by Crippen LogP contribution is -2.19. The lowest BCUT2D eigenvalue weighted by Gasteiger charge is -2.16. The maximum Gasteiger partial charge on any atom is 0.249 e. The summed E-state index contributed by atoms with van der Waals surface area (Å²) in [4.78, 5) is 4.52. The normalized spacial score (nSPS) is 17.3. The molecule has 0 unspecified atom stereocenters. The predicted molar refractivity (Wildman–Crippen MR) is 90.8 cm³/mol. The number of fused-ring (bicyclic) bond motifs is 1. The van der Waals surface area contributed by atoms with Gasteiger partial charge < -0.3 is 20.1 Å². The molecule has 2 aliphatic rings. The molecule has 24 heavy (non-hydrogen) atoms. The van der Waals surface area contributed by atoms with Crippen LogP contribution in [0.5, 0.6) is 11.5 Å². The number of nitrogens with zero attached hydrogens (tertiary/aromatic N) is 3. The molecule has 1 aromatic heterocycles. The van der Waals surface area contributed by atoms with Crippen LogP contribution in [0.15, 0.2) is 24.4 Å². The second kappa shape index (κ2) is 6.90. The van der Waals surface area contributed by atoms with E-state index in [0.717, 1.165) is 23.0 Å². The number of ether oxygens (including phenoxy) is 2. The van der Waals surface area contributed by atoms with Crippen molar-refractivity contribution in [1.29, 1.82) is 0 Å². The highest BCUT2D eigenvalue weighted by Crippen LogP contribution is 2.34. The average Bonchev–Trinajstić information content (AvgIpc) is 2.91. The zero-order chi connectivity index (χ0) is 16.2. The van der Waals surface area contributed by atoms with Crippen LogP contribution < -0.4 is 20.1 Å². The first-order valence-electron chi connectivity index (χ1n) is 8.50. The Morgan fingerprint density at radius 2 is 1.83 bits per heavy atom. The molecule has 4 rings (SSSR count). The monoisotopic (exact) mass is 327 g/mol. The lowest BCUT2D eigenvalue weighted by molar-refractivity contribution is 0.174. The van der Waals surface area contributed by atoms with Gasteiger partial charge in [0.2, 0.25) is 12.7 Å². The summed E-state index contributed by atoms with van der Waals surface area (Å²) in [6.07, 6.45) is 9.27. The number of nitrogens with one attached hydrogen (secondary N) is 2. The molecule has 0 saturated heterocycles. The van der Waals surface area contributed by atoms with Crippen molar-refractivity contribution in [2.75, 3.05) is 17.4 Å². The van der Waals surface area contributed by atoms with E-state index in [0.29, 0.717) is 12.0 Å². The van der Waals surface area contributed by atoms with Crippen LogP contribution in [0.4, 0.5) is 17.5 Å². The maximum absolute atomic E-state index is 5.38. The smallest absolute Gasteiger partial charge is 0.249 e. The third-order valence-electron chi connectivity index (χ3n) is 4.39. The highest BCUT2D eigenvalue weighted by Gasteiger charge is 2.15. The summed E-state index contributed by atoms with van der Waals surface area (Å²) in [6.45, 7) is 0.262. The van der Waals surface area contributed by atoms with Crippen molar-refractivity contribution in [3.8, 4) is 11.5 Å². The summed E-state index contributed by atoms with van der Waals surface area (Å²) < 4.78 is 10.7. The third kappa shape index (κ3) is 3.50. The molecule has 7 heteroatoms. The Kier molecular flexibility index (Phi) is 4.31. The fraction of sp³-hybridized carbons (Fsp3) is 0.471. The molecule has 1 aliphatic carbocycles. The second-order valence-corrected chi connectivity index (χ2v) is 6.19. The van der Waals surface area contributed by atoms with Crippen molar-refractivity contribution >= 4 is 17.5 Å². The van der Waals surface area contributed by atoms with Gasteiger partial charge >= 0.3 is 0 Å². The first-order chi connectivity index (χ1) is 11.9. The van der Waals surface area contributed by atoms with Gasteiger partial charge in [-0.25, -0.2) is 0 Å². The highest BCUT2D eigenvalue weighted by molar-refractivity contribution is 5.60. The van der Waals surface area contributed by atoms with E-state index >= 15 is 0 Å². The van der Waals surface area contributed by atoms with Gasteiger partial charge in [0.05, 0.1) is 6.20 Å². The molecular formula is C17H21N5O2. The van der Waals surface area contributed by atoms with Crippen molar-refractivity contribution in [3.63, 3.8) is 0 Å².